The van der Waals surface area contributed by atoms with Crippen molar-refractivity contribution in [3.63, 3.8) is 0 Å². The molecule has 7 heteroatoms. The topological polar surface area (TPSA) is 75.6 Å². The normalized spacial score (nSPS) is 13.2. The lowest BCUT2D eigenvalue weighted by atomic mass is 10.1. The third kappa shape index (κ3) is 3.64. The van der Waals surface area contributed by atoms with Gasteiger partial charge in [0, 0.05) is 31.0 Å². The molecule has 0 spiro atoms. The van der Waals surface area contributed by atoms with E-state index in [-0.39, 0.29) is 6.61 Å². The molecule has 3 heterocycles. The van der Waals surface area contributed by atoms with Gasteiger partial charge in [-0.1, -0.05) is 6.07 Å². The summed E-state index contributed by atoms with van der Waals surface area (Å²) in [6, 6.07) is 14.3. The molecule has 29 heavy (non-hydrogen) atoms. The molecule has 0 amide bonds. The highest BCUT2D eigenvalue weighted by atomic mass is 16.5. The second-order valence-electron chi connectivity index (χ2n) is 6.67. The lowest BCUT2D eigenvalue weighted by molar-refractivity contribution is -0.582. The standard InChI is InChI=1S/C22H24N5O2/c1-23-22-20(15-25-27(22)11-12-28)24-14-17-13-18-5-3-4-10-26(18)21(17)16-6-8-19(29-2)9-7-16/h3-10,14-15,23,28H,11-13H2,1-2H3/q+1. The first-order chi connectivity index (χ1) is 14.2. The van der Waals surface area contributed by atoms with Crippen LogP contribution in [-0.2, 0) is 13.0 Å². The van der Waals surface area contributed by atoms with E-state index in [9.17, 15) is 5.11 Å². The van der Waals surface area contributed by atoms with Crippen LogP contribution < -0.4 is 14.6 Å². The molecule has 0 radical (unpaired) electrons. The molecule has 2 aromatic heterocycles. The van der Waals surface area contributed by atoms with Gasteiger partial charge in [-0.2, -0.15) is 9.67 Å². The average molecular weight is 390 g/mol. The summed E-state index contributed by atoms with van der Waals surface area (Å²) in [5.41, 5.74) is 5.29. The molecule has 0 fully saturated rings. The predicted molar refractivity (Wildman–Crippen MR) is 113 cm³/mol. The summed E-state index contributed by atoms with van der Waals surface area (Å²) in [7, 11) is 3.50. The average Bonchev–Trinajstić information content (AvgIpc) is 3.33. The second-order valence-corrected chi connectivity index (χ2v) is 6.67. The molecule has 0 aliphatic carbocycles. The first kappa shape index (κ1) is 18.9. The van der Waals surface area contributed by atoms with Crippen LogP contribution in [0, 0.1) is 0 Å². The van der Waals surface area contributed by atoms with Gasteiger partial charge in [0.25, 0.3) is 0 Å². The Bertz CT molecular complexity index is 1070. The molecule has 3 aromatic rings. The Morgan fingerprint density at radius 3 is 2.83 bits per heavy atom. The first-order valence-corrected chi connectivity index (χ1v) is 9.51. The quantitative estimate of drug-likeness (QED) is 0.480. The first-order valence-electron chi connectivity index (χ1n) is 9.51. The lowest BCUT2D eigenvalue weighted by Crippen LogP contribution is -2.33. The van der Waals surface area contributed by atoms with Gasteiger partial charge in [0.1, 0.15) is 17.3 Å². The number of fused-ring (bicyclic) bond motifs is 1. The van der Waals surface area contributed by atoms with Gasteiger partial charge in [0.2, 0.25) is 5.70 Å². The van der Waals surface area contributed by atoms with Gasteiger partial charge < -0.3 is 15.2 Å². The Morgan fingerprint density at radius 2 is 2.10 bits per heavy atom. The molecule has 2 N–H and O–H groups in total. The number of nitrogens with one attached hydrogen (secondary N) is 1. The van der Waals surface area contributed by atoms with Crippen LogP contribution in [0.3, 0.4) is 0 Å². The minimum Gasteiger partial charge on any atom is -0.497 e. The zero-order valence-electron chi connectivity index (χ0n) is 16.5. The fraction of sp³-hybridized carbons (Fsp3) is 0.227. The van der Waals surface area contributed by atoms with E-state index in [1.807, 2.05) is 31.5 Å². The van der Waals surface area contributed by atoms with Crippen molar-refractivity contribution in [1.29, 1.82) is 0 Å². The summed E-state index contributed by atoms with van der Waals surface area (Å²) in [6.07, 6.45) is 6.49. The number of hydrogen-bond acceptors (Lipinski definition) is 5. The van der Waals surface area contributed by atoms with E-state index in [0.29, 0.717) is 6.54 Å². The Labute approximate surface area is 169 Å². The van der Waals surface area contributed by atoms with E-state index in [1.165, 1.54) is 5.69 Å². The molecule has 0 saturated carbocycles. The monoisotopic (exact) mass is 390 g/mol. The Morgan fingerprint density at radius 1 is 1.28 bits per heavy atom. The molecule has 7 nitrogen and oxygen atoms in total. The second kappa shape index (κ2) is 8.28. The van der Waals surface area contributed by atoms with Crippen LogP contribution >= 0.6 is 0 Å². The van der Waals surface area contributed by atoms with Crippen LogP contribution in [0.4, 0.5) is 11.5 Å². The number of aromatic nitrogens is 3. The van der Waals surface area contributed by atoms with Crippen molar-refractivity contribution >= 4 is 23.4 Å². The number of pyridine rings is 1. The number of ether oxygens (including phenoxy) is 1. The van der Waals surface area contributed by atoms with Crippen LogP contribution in [0.5, 0.6) is 5.75 Å². The number of aliphatic hydroxyl groups is 1. The van der Waals surface area contributed by atoms with E-state index in [0.717, 1.165) is 40.5 Å². The third-order valence-corrected chi connectivity index (χ3v) is 4.95. The SMILES string of the molecule is CNc1c(N=CC2=C(c3ccc(OC)cc3)[n+]3ccccc3C2)cnn1CCO. The number of aliphatic imine (C=N–C) groups is 1. The molecule has 0 saturated heterocycles. The van der Waals surface area contributed by atoms with Crippen LogP contribution in [0.25, 0.3) is 5.70 Å². The molecular formula is C22H24N5O2+. The highest BCUT2D eigenvalue weighted by Crippen LogP contribution is 2.28. The van der Waals surface area contributed by atoms with E-state index in [2.05, 4.69) is 45.4 Å². The zero-order chi connectivity index (χ0) is 20.2. The van der Waals surface area contributed by atoms with Gasteiger partial charge in [-0.25, -0.2) is 4.68 Å². The van der Waals surface area contributed by atoms with Gasteiger partial charge in [0.15, 0.2) is 11.9 Å². The Kier molecular flexibility index (Phi) is 5.39. The zero-order valence-corrected chi connectivity index (χ0v) is 16.5. The Balaban J connectivity index is 1.74. The maximum absolute atomic E-state index is 9.20. The van der Waals surface area contributed by atoms with Crippen molar-refractivity contribution in [2.24, 2.45) is 4.99 Å². The van der Waals surface area contributed by atoms with Gasteiger partial charge in [-0.15, -0.1) is 0 Å². The van der Waals surface area contributed by atoms with Crippen molar-refractivity contribution in [2.75, 3.05) is 26.1 Å². The molecule has 1 aliphatic heterocycles. The van der Waals surface area contributed by atoms with Crippen LogP contribution in [0.1, 0.15) is 11.3 Å². The number of anilines is 1. The Hall–Kier alpha value is -3.45. The molecule has 0 atom stereocenters. The number of nitrogens with zero attached hydrogens (tertiary/aromatic N) is 4. The molecule has 0 bridgehead atoms. The minimum atomic E-state index is 0.0260. The lowest BCUT2D eigenvalue weighted by Gasteiger charge is -2.05. The highest BCUT2D eigenvalue weighted by Gasteiger charge is 2.30. The van der Waals surface area contributed by atoms with E-state index >= 15 is 0 Å². The molecule has 4 rings (SSSR count). The smallest absolute Gasteiger partial charge is 0.223 e. The van der Waals surface area contributed by atoms with Gasteiger partial charge in [-0.05, 0) is 24.3 Å². The largest absolute Gasteiger partial charge is 0.497 e. The summed E-state index contributed by atoms with van der Waals surface area (Å²) in [5, 5.41) is 16.6. The van der Waals surface area contributed by atoms with Gasteiger partial charge in [0.05, 0.1) is 38.5 Å². The van der Waals surface area contributed by atoms with Crippen LogP contribution in [0.15, 0.2) is 65.4 Å². The van der Waals surface area contributed by atoms with Crippen LogP contribution in [-0.4, -0.2) is 41.9 Å². The fourth-order valence-electron chi connectivity index (χ4n) is 3.59. The summed E-state index contributed by atoms with van der Waals surface area (Å²) in [4.78, 5) is 4.71. The molecule has 1 aliphatic rings. The summed E-state index contributed by atoms with van der Waals surface area (Å²) >= 11 is 0. The van der Waals surface area contributed by atoms with E-state index < -0.39 is 0 Å². The number of aliphatic hydroxyl groups excluding tert-OH is 1. The van der Waals surface area contributed by atoms with Crippen molar-refractivity contribution in [2.45, 2.75) is 13.0 Å². The van der Waals surface area contributed by atoms with E-state index in [1.54, 1.807) is 18.0 Å². The van der Waals surface area contributed by atoms with Crippen molar-refractivity contribution in [3.8, 4) is 5.75 Å². The number of benzene rings is 1. The third-order valence-electron chi connectivity index (χ3n) is 4.95. The summed E-state index contributed by atoms with van der Waals surface area (Å²) < 4.78 is 9.22. The van der Waals surface area contributed by atoms with Crippen LogP contribution in [0.2, 0.25) is 0 Å². The maximum Gasteiger partial charge on any atom is 0.223 e. The number of methoxy groups -OCH3 is 1. The van der Waals surface area contributed by atoms with Gasteiger partial charge >= 0.3 is 0 Å². The van der Waals surface area contributed by atoms with Crippen molar-refractivity contribution < 1.29 is 14.4 Å². The molecular weight excluding hydrogens is 366 g/mol. The highest BCUT2D eigenvalue weighted by molar-refractivity contribution is 5.92. The fourth-order valence-corrected chi connectivity index (χ4v) is 3.59. The van der Waals surface area contributed by atoms with Crippen molar-refractivity contribution in [3.05, 3.63) is 71.7 Å². The van der Waals surface area contributed by atoms with E-state index in [4.69, 9.17) is 9.73 Å². The molecule has 0 unspecified atom stereocenters. The summed E-state index contributed by atoms with van der Waals surface area (Å²) in [6.45, 7) is 0.449. The van der Waals surface area contributed by atoms with Gasteiger partial charge in [-0.3, -0.25) is 4.99 Å². The number of hydrogen-bond donors (Lipinski definition) is 2. The maximum atomic E-state index is 9.20. The predicted octanol–water partition coefficient (Wildman–Crippen LogP) is 2.43. The number of rotatable bonds is 7. The molecule has 1 aromatic carbocycles. The summed E-state index contributed by atoms with van der Waals surface area (Å²) in [5.74, 6) is 1.61. The molecule has 148 valence electrons. The van der Waals surface area contributed by atoms with Crippen molar-refractivity contribution in [1.82, 2.24) is 9.78 Å². The number of allylic oxidation sites excluding steroid dienone is 1. The minimum absolute atomic E-state index is 0.0260.